The zero-order chi connectivity index (χ0) is 21.3. The average Bonchev–Trinajstić information content (AvgIpc) is 3.30. The normalized spacial score (nSPS) is 15.2. The standard InChI is InChI=1S/C22H19N3O3S2/c1-24-21(26)19(30-22(24)29)12-15-13-25(16-7-5-4-6-8-16)23-20(15)14-9-10-17(27-2)18(11-14)28-3/h4-13H,1-3H3. The Bertz CT molecular complexity index is 1160. The molecule has 152 valence electrons. The number of rotatable bonds is 5. The van der Waals surface area contributed by atoms with E-state index in [1.807, 2.05) is 60.8 Å². The number of hydrogen-bond donors (Lipinski definition) is 0. The van der Waals surface area contributed by atoms with Crippen molar-refractivity contribution in [2.75, 3.05) is 21.3 Å². The molecule has 2 aromatic carbocycles. The number of nitrogens with zero attached hydrogens (tertiary/aromatic N) is 3. The van der Waals surface area contributed by atoms with E-state index in [0.717, 1.165) is 22.5 Å². The minimum absolute atomic E-state index is 0.115. The SMILES string of the molecule is COc1ccc(-c2nn(-c3ccccc3)cc2C=C2SC(=S)N(C)C2=O)cc1OC. The van der Waals surface area contributed by atoms with Crippen molar-refractivity contribution in [3.8, 4) is 28.4 Å². The summed E-state index contributed by atoms with van der Waals surface area (Å²) in [5, 5.41) is 4.80. The van der Waals surface area contributed by atoms with E-state index in [1.165, 1.54) is 16.7 Å². The summed E-state index contributed by atoms with van der Waals surface area (Å²) >= 11 is 6.54. The van der Waals surface area contributed by atoms with Crippen molar-refractivity contribution >= 4 is 40.3 Å². The van der Waals surface area contributed by atoms with Gasteiger partial charge in [0.15, 0.2) is 11.5 Å². The van der Waals surface area contributed by atoms with Crippen LogP contribution in [0.3, 0.4) is 0 Å². The maximum absolute atomic E-state index is 12.5. The van der Waals surface area contributed by atoms with Gasteiger partial charge in [-0.15, -0.1) is 0 Å². The molecule has 0 bridgehead atoms. The number of methoxy groups -OCH3 is 2. The molecule has 0 aliphatic carbocycles. The Morgan fingerprint density at radius 3 is 2.43 bits per heavy atom. The second-order valence-corrected chi connectivity index (χ2v) is 8.20. The lowest BCUT2D eigenvalue weighted by Crippen LogP contribution is -2.22. The molecule has 0 radical (unpaired) electrons. The van der Waals surface area contributed by atoms with Gasteiger partial charge in [-0.25, -0.2) is 4.68 Å². The Morgan fingerprint density at radius 1 is 1.07 bits per heavy atom. The van der Waals surface area contributed by atoms with E-state index in [0.29, 0.717) is 20.7 Å². The van der Waals surface area contributed by atoms with Gasteiger partial charge in [0.05, 0.1) is 24.8 Å². The molecular formula is C22H19N3O3S2. The summed E-state index contributed by atoms with van der Waals surface area (Å²) in [6.07, 6.45) is 3.74. The summed E-state index contributed by atoms with van der Waals surface area (Å²) < 4.78 is 13.1. The Labute approximate surface area is 184 Å². The molecule has 2 heterocycles. The summed E-state index contributed by atoms with van der Waals surface area (Å²) in [6.45, 7) is 0. The zero-order valence-electron chi connectivity index (χ0n) is 16.7. The van der Waals surface area contributed by atoms with Crippen LogP contribution in [0.4, 0.5) is 0 Å². The van der Waals surface area contributed by atoms with E-state index < -0.39 is 0 Å². The van der Waals surface area contributed by atoms with Gasteiger partial charge in [0.1, 0.15) is 10.0 Å². The number of carbonyl (C=O) groups is 1. The number of thiocarbonyl (C=S) groups is 1. The van der Waals surface area contributed by atoms with E-state index in [4.69, 9.17) is 26.8 Å². The van der Waals surface area contributed by atoms with Gasteiger partial charge in [0, 0.05) is 24.4 Å². The Hall–Kier alpha value is -3.10. The first-order valence-corrected chi connectivity index (χ1v) is 10.3. The molecule has 0 atom stereocenters. The monoisotopic (exact) mass is 437 g/mol. The number of ether oxygens (including phenoxy) is 2. The highest BCUT2D eigenvalue weighted by atomic mass is 32.2. The third-order valence-corrected chi connectivity index (χ3v) is 6.18. The van der Waals surface area contributed by atoms with Gasteiger partial charge >= 0.3 is 0 Å². The highest BCUT2D eigenvalue weighted by Gasteiger charge is 2.29. The van der Waals surface area contributed by atoms with Crippen molar-refractivity contribution in [1.82, 2.24) is 14.7 Å². The summed E-state index contributed by atoms with van der Waals surface area (Å²) in [4.78, 5) is 14.6. The van der Waals surface area contributed by atoms with Gasteiger partial charge in [-0.05, 0) is 36.4 Å². The molecule has 1 amide bonds. The van der Waals surface area contributed by atoms with Crippen LogP contribution in [0, 0.1) is 0 Å². The lowest BCUT2D eigenvalue weighted by molar-refractivity contribution is -0.121. The van der Waals surface area contributed by atoms with Crippen molar-refractivity contribution in [1.29, 1.82) is 0 Å². The summed E-state index contributed by atoms with van der Waals surface area (Å²) in [6, 6.07) is 15.4. The number of likely N-dealkylation sites (N-methyl/N-ethyl adjacent to an activating group) is 1. The van der Waals surface area contributed by atoms with E-state index in [9.17, 15) is 4.79 Å². The molecule has 0 N–H and O–H groups in total. The molecule has 3 aromatic rings. The van der Waals surface area contributed by atoms with Gasteiger partial charge < -0.3 is 9.47 Å². The van der Waals surface area contributed by atoms with Gasteiger partial charge in [0.25, 0.3) is 5.91 Å². The number of carbonyl (C=O) groups excluding carboxylic acids is 1. The summed E-state index contributed by atoms with van der Waals surface area (Å²) in [5.74, 6) is 1.13. The summed E-state index contributed by atoms with van der Waals surface area (Å²) in [5.41, 5.74) is 3.30. The Morgan fingerprint density at radius 2 is 1.80 bits per heavy atom. The van der Waals surface area contributed by atoms with Gasteiger partial charge in [-0.2, -0.15) is 5.10 Å². The average molecular weight is 438 g/mol. The van der Waals surface area contributed by atoms with Crippen molar-refractivity contribution in [3.63, 3.8) is 0 Å². The number of amides is 1. The van der Waals surface area contributed by atoms with E-state index >= 15 is 0 Å². The number of aromatic nitrogens is 2. The first kappa shape index (κ1) is 20.2. The fraction of sp³-hybridized carbons (Fsp3) is 0.136. The minimum Gasteiger partial charge on any atom is -0.493 e. The van der Waals surface area contributed by atoms with Crippen molar-refractivity contribution in [2.45, 2.75) is 0 Å². The molecule has 0 saturated carbocycles. The summed E-state index contributed by atoms with van der Waals surface area (Å²) in [7, 11) is 4.87. The maximum Gasteiger partial charge on any atom is 0.265 e. The molecule has 1 fully saturated rings. The molecule has 4 rings (SSSR count). The quantitative estimate of drug-likeness (QED) is 0.436. The molecule has 0 spiro atoms. The van der Waals surface area contributed by atoms with E-state index in [1.54, 1.807) is 25.9 Å². The third-order valence-electron chi connectivity index (χ3n) is 4.69. The van der Waals surface area contributed by atoms with E-state index in [-0.39, 0.29) is 5.91 Å². The van der Waals surface area contributed by atoms with Crippen LogP contribution in [0.5, 0.6) is 11.5 Å². The first-order chi connectivity index (χ1) is 14.5. The lowest BCUT2D eigenvalue weighted by atomic mass is 10.1. The highest BCUT2D eigenvalue weighted by molar-refractivity contribution is 8.26. The van der Waals surface area contributed by atoms with Crippen LogP contribution in [0.25, 0.3) is 23.0 Å². The molecular weight excluding hydrogens is 418 g/mol. The van der Waals surface area contributed by atoms with E-state index in [2.05, 4.69) is 0 Å². The maximum atomic E-state index is 12.5. The molecule has 1 aromatic heterocycles. The third kappa shape index (κ3) is 3.71. The number of thioether (sulfide) groups is 1. The van der Waals surface area contributed by atoms with Crippen LogP contribution in [0.1, 0.15) is 5.56 Å². The molecule has 1 aliphatic rings. The predicted molar refractivity (Wildman–Crippen MR) is 123 cm³/mol. The number of para-hydroxylation sites is 1. The fourth-order valence-electron chi connectivity index (χ4n) is 3.10. The second kappa shape index (κ2) is 8.33. The molecule has 6 nitrogen and oxygen atoms in total. The minimum atomic E-state index is -0.115. The number of hydrogen-bond acceptors (Lipinski definition) is 6. The molecule has 1 saturated heterocycles. The lowest BCUT2D eigenvalue weighted by Gasteiger charge is -2.09. The van der Waals surface area contributed by atoms with Crippen molar-refractivity contribution in [2.24, 2.45) is 0 Å². The molecule has 1 aliphatic heterocycles. The smallest absolute Gasteiger partial charge is 0.265 e. The van der Waals surface area contributed by atoms with Crippen LogP contribution >= 0.6 is 24.0 Å². The predicted octanol–water partition coefficient (Wildman–Crippen LogP) is 4.39. The van der Waals surface area contributed by atoms with Crippen LogP contribution in [-0.2, 0) is 4.79 Å². The van der Waals surface area contributed by atoms with Crippen LogP contribution in [-0.4, -0.2) is 46.2 Å². The Kier molecular flexibility index (Phi) is 5.61. The second-order valence-electron chi connectivity index (χ2n) is 6.52. The van der Waals surface area contributed by atoms with Gasteiger partial charge in [-0.1, -0.05) is 42.2 Å². The van der Waals surface area contributed by atoms with Gasteiger partial charge in [-0.3, -0.25) is 9.69 Å². The van der Waals surface area contributed by atoms with Crippen molar-refractivity contribution < 1.29 is 14.3 Å². The molecule has 8 heteroatoms. The van der Waals surface area contributed by atoms with Crippen LogP contribution in [0.2, 0.25) is 0 Å². The van der Waals surface area contributed by atoms with Crippen molar-refractivity contribution in [3.05, 3.63) is 65.2 Å². The molecule has 30 heavy (non-hydrogen) atoms. The number of benzene rings is 2. The topological polar surface area (TPSA) is 56.6 Å². The van der Waals surface area contributed by atoms with Gasteiger partial charge in [0.2, 0.25) is 0 Å². The first-order valence-electron chi connectivity index (χ1n) is 9.11. The highest BCUT2D eigenvalue weighted by Crippen LogP contribution is 2.36. The fourth-order valence-corrected chi connectivity index (χ4v) is 4.27. The molecule has 0 unspecified atom stereocenters. The zero-order valence-corrected chi connectivity index (χ0v) is 18.3. The Balaban J connectivity index is 1.86. The van der Waals surface area contributed by atoms with Crippen LogP contribution in [0.15, 0.2) is 59.6 Å². The van der Waals surface area contributed by atoms with Crippen LogP contribution < -0.4 is 9.47 Å². The largest absolute Gasteiger partial charge is 0.493 e.